The molecule has 0 saturated heterocycles. The Morgan fingerprint density at radius 3 is 2.79 bits per heavy atom. The van der Waals surface area contributed by atoms with Crippen LogP contribution in [-0.4, -0.2) is 9.91 Å². The second-order valence-electron chi connectivity index (χ2n) is 3.93. The molecule has 19 heavy (non-hydrogen) atoms. The van der Waals surface area contributed by atoms with Crippen LogP contribution >= 0.6 is 23.4 Å². The van der Waals surface area contributed by atoms with Crippen molar-refractivity contribution >= 4 is 29.1 Å². The maximum absolute atomic E-state index is 10.7. The van der Waals surface area contributed by atoms with Gasteiger partial charge in [-0.2, -0.15) is 0 Å². The standard InChI is InChI=1S/C13H11ClN2O2S/c1-9(19-13-6-5-11(14)8-15-13)10-3-2-4-12(7-10)16(17)18/h2-9H,1H3. The van der Waals surface area contributed by atoms with Crippen LogP contribution in [0, 0.1) is 10.1 Å². The van der Waals surface area contributed by atoms with Crippen molar-refractivity contribution in [2.45, 2.75) is 17.2 Å². The maximum Gasteiger partial charge on any atom is 0.269 e. The molecule has 2 aromatic rings. The van der Waals surface area contributed by atoms with Crippen molar-refractivity contribution in [1.29, 1.82) is 0 Å². The number of nitrogens with zero attached hydrogens (tertiary/aromatic N) is 2. The van der Waals surface area contributed by atoms with E-state index >= 15 is 0 Å². The van der Waals surface area contributed by atoms with E-state index in [0.29, 0.717) is 5.02 Å². The van der Waals surface area contributed by atoms with Crippen LogP contribution in [0.1, 0.15) is 17.7 Å². The molecule has 0 aliphatic heterocycles. The van der Waals surface area contributed by atoms with Gasteiger partial charge in [0, 0.05) is 23.6 Å². The fourth-order valence-corrected chi connectivity index (χ4v) is 2.59. The molecule has 0 amide bonds. The summed E-state index contributed by atoms with van der Waals surface area (Å²) >= 11 is 7.31. The van der Waals surface area contributed by atoms with Crippen LogP contribution in [0.15, 0.2) is 47.6 Å². The lowest BCUT2D eigenvalue weighted by Gasteiger charge is -2.10. The monoisotopic (exact) mass is 294 g/mol. The minimum atomic E-state index is -0.387. The van der Waals surface area contributed by atoms with Crippen LogP contribution in [0.5, 0.6) is 0 Å². The van der Waals surface area contributed by atoms with Crippen LogP contribution in [0.3, 0.4) is 0 Å². The predicted octanol–water partition coefficient (Wildman–Crippen LogP) is 4.50. The summed E-state index contributed by atoms with van der Waals surface area (Å²) in [5.41, 5.74) is 1.00. The minimum absolute atomic E-state index is 0.0774. The summed E-state index contributed by atoms with van der Waals surface area (Å²) in [6.07, 6.45) is 1.59. The molecule has 1 aromatic carbocycles. The second-order valence-corrected chi connectivity index (χ2v) is 5.72. The molecule has 2 rings (SSSR count). The van der Waals surface area contributed by atoms with E-state index < -0.39 is 0 Å². The Balaban J connectivity index is 2.15. The van der Waals surface area contributed by atoms with Gasteiger partial charge in [0.05, 0.1) is 15.0 Å². The maximum atomic E-state index is 10.7. The van der Waals surface area contributed by atoms with Crippen molar-refractivity contribution in [3.8, 4) is 0 Å². The number of nitro benzene ring substituents is 1. The number of halogens is 1. The summed E-state index contributed by atoms with van der Waals surface area (Å²) in [6, 6.07) is 10.3. The van der Waals surface area contributed by atoms with Crippen molar-refractivity contribution in [1.82, 2.24) is 4.98 Å². The molecule has 0 radical (unpaired) electrons. The zero-order chi connectivity index (χ0) is 13.8. The predicted molar refractivity (Wildman–Crippen MR) is 76.6 cm³/mol. The quantitative estimate of drug-likeness (QED) is 0.473. The lowest BCUT2D eigenvalue weighted by atomic mass is 10.1. The third-order valence-electron chi connectivity index (χ3n) is 2.55. The van der Waals surface area contributed by atoms with Gasteiger partial charge in [0.1, 0.15) is 0 Å². The Kier molecular flexibility index (Phi) is 4.39. The second kappa shape index (κ2) is 6.04. The number of rotatable bonds is 4. The average molecular weight is 295 g/mol. The number of aromatic nitrogens is 1. The van der Waals surface area contributed by atoms with Crippen LogP contribution < -0.4 is 0 Å². The molecule has 0 fully saturated rings. The largest absolute Gasteiger partial charge is 0.269 e. The smallest absolute Gasteiger partial charge is 0.258 e. The van der Waals surface area contributed by atoms with Gasteiger partial charge >= 0.3 is 0 Å². The van der Waals surface area contributed by atoms with E-state index in [2.05, 4.69) is 4.98 Å². The van der Waals surface area contributed by atoms with Gasteiger partial charge in [0.2, 0.25) is 0 Å². The summed E-state index contributed by atoms with van der Waals surface area (Å²) in [6.45, 7) is 1.99. The van der Waals surface area contributed by atoms with Crippen LogP contribution in [-0.2, 0) is 0 Å². The number of benzene rings is 1. The molecular weight excluding hydrogens is 284 g/mol. The number of nitro groups is 1. The zero-order valence-corrected chi connectivity index (χ0v) is 11.7. The Morgan fingerprint density at radius 1 is 1.37 bits per heavy atom. The van der Waals surface area contributed by atoms with Gasteiger partial charge < -0.3 is 0 Å². The fraction of sp³-hybridized carbons (Fsp3) is 0.154. The summed E-state index contributed by atoms with van der Waals surface area (Å²) in [5.74, 6) is 0. The number of pyridine rings is 1. The fourth-order valence-electron chi connectivity index (χ4n) is 1.57. The Labute approximate surface area is 120 Å². The molecule has 0 bridgehead atoms. The summed E-state index contributed by atoms with van der Waals surface area (Å²) in [7, 11) is 0. The molecular formula is C13H11ClN2O2S. The highest BCUT2D eigenvalue weighted by Crippen LogP contribution is 2.34. The van der Waals surface area contributed by atoms with E-state index in [1.54, 1.807) is 24.4 Å². The first-order valence-corrected chi connectivity index (χ1v) is 6.84. The van der Waals surface area contributed by atoms with Crippen molar-refractivity contribution in [3.63, 3.8) is 0 Å². The Hall–Kier alpha value is -1.59. The van der Waals surface area contributed by atoms with Crippen molar-refractivity contribution in [2.24, 2.45) is 0 Å². The lowest BCUT2D eigenvalue weighted by Crippen LogP contribution is -1.93. The van der Waals surface area contributed by atoms with Gasteiger partial charge in [-0.3, -0.25) is 10.1 Å². The van der Waals surface area contributed by atoms with Gasteiger partial charge in [0.25, 0.3) is 5.69 Å². The SMILES string of the molecule is CC(Sc1ccc(Cl)cn1)c1cccc([N+](=O)[O-])c1. The Bertz CT molecular complexity index is 589. The first-order chi connectivity index (χ1) is 9.06. The third kappa shape index (κ3) is 3.68. The number of non-ortho nitro benzene ring substituents is 1. The highest BCUT2D eigenvalue weighted by molar-refractivity contribution is 7.99. The first kappa shape index (κ1) is 13.8. The average Bonchev–Trinajstić information content (AvgIpc) is 2.41. The molecule has 0 spiro atoms. The molecule has 0 saturated carbocycles. The van der Waals surface area contributed by atoms with Gasteiger partial charge in [0.15, 0.2) is 0 Å². The molecule has 1 atom stereocenters. The molecule has 0 N–H and O–H groups in total. The minimum Gasteiger partial charge on any atom is -0.258 e. The molecule has 0 aliphatic rings. The van der Waals surface area contributed by atoms with Crippen LogP contribution in [0.4, 0.5) is 5.69 Å². The molecule has 98 valence electrons. The van der Waals surface area contributed by atoms with Crippen molar-refractivity contribution in [2.75, 3.05) is 0 Å². The van der Waals surface area contributed by atoms with E-state index in [-0.39, 0.29) is 15.9 Å². The topological polar surface area (TPSA) is 56.0 Å². The summed E-state index contributed by atoms with van der Waals surface area (Å²) in [5, 5.41) is 12.2. The number of hydrogen-bond donors (Lipinski definition) is 0. The van der Waals surface area contributed by atoms with Crippen molar-refractivity contribution < 1.29 is 4.92 Å². The zero-order valence-electron chi connectivity index (χ0n) is 10.1. The molecule has 1 aromatic heterocycles. The first-order valence-electron chi connectivity index (χ1n) is 5.59. The lowest BCUT2D eigenvalue weighted by molar-refractivity contribution is -0.384. The van der Waals surface area contributed by atoms with E-state index in [1.165, 1.54) is 17.8 Å². The normalized spacial score (nSPS) is 12.1. The van der Waals surface area contributed by atoms with Gasteiger partial charge in [-0.05, 0) is 24.6 Å². The molecule has 6 heteroatoms. The van der Waals surface area contributed by atoms with Gasteiger partial charge in [-0.1, -0.05) is 35.5 Å². The number of hydrogen-bond acceptors (Lipinski definition) is 4. The van der Waals surface area contributed by atoms with E-state index in [9.17, 15) is 10.1 Å². The van der Waals surface area contributed by atoms with E-state index in [4.69, 9.17) is 11.6 Å². The highest BCUT2D eigenvalue weighted by atomic mass is 35.5. The third-order valence-corrected chi connectivity index (χ3v) is 3.88. The molecule has 0 aliphatic carbocycles. The van der Waals surface area contributed by atoms with E-state index in [1.807, 2.05) is 19.1 Å². The van der Waals surface area contributed by atoms with Crippen LogP contribution in [0.2, 0.25) is 5.02 Å². The van der Waals surface area contributed by atoms with Gasteiger partial charge in [-0.15, -0.1) is 0 Å². The Morgan fingerprint density at radius 2 is 2.16 bits per heavy atom. The van der Waals surface area contributed by atoms with E-state index in [0.717, 1.165) is 10.6 Å². The van der Waals surface area contributed by atoms with Crippen molar-refractivity contribution in [3.05, 3.63) is 63.3 Å². The molecule has 1 heterocycles. The van der Waals surface area contributed by atoms with Crippen LogP contribution in [0.25, 0.3) is 0 Å². The molecule has 4 nitrogen and oxygen atoms in total. The summed E-state index contributed by atoms with van der Waals surface area (Å²) < 4.78 is 0. The van der Waals surface area contributed by atoms with Gasteiger partial charge in [-0.25, -0.2) is 4.98 Å². The molecule has 1 unspecified atom stereocenters. The summed E-state index contributed by atoms with van der Waals surface area (Å²) in [4.78, 5) is 14.6. The highest BCUT2D eigenvalue weighted by Gasteiger charge is 2.12. The number of thioether (sulfide) groups is 1.